The van der Waals surface area contributed by atoms with Gasteiger partial charge in [-0.25, -0.2) is 8.42 Å². The lowest BCUT2D eigenvalue weighted by atomic mass is 10.2. The van der Waals surface area contributed by atoms with Crippen LogP contribution in [0.2, 0.25) is 0 Å². The van der Waals surface area contributed by atoms with E-state index in [4.69, 9.17) is 0 Å². The van der Waals surface area contributed by atoms with Crippen molar-refractivity contribution in [3.8, 4) is 0 Å². The highest BCUT2D eigenvalue weighted by Gasteiger charge is 2.29. The molecule has 0 radical (unpaired) electrons. The van der Waals surface area contributed by atoms with Crippen LogP contribution in [0.5, 0.6) is 0 Å². The summed E-state index contributed by atoms with van der Waals surface area (Å²) in [7, 11) is -3.32. The Morgan fingerprint density at radius 1 is 1.18 bits per heavy atom. The summed E-state index contributed by atoms with van der Waals surface area (Å²) in [5.41, 5.74) is 1.16. The molecular weight excluding hydrogens is 318 g/mol. The van der Waals surface area contributed by atoms with Crippen LogP contribution < -0.4 is 0 Å². The number of pyridine rings is 1. The molecule has 22 heavy (non-hydrogen) atoms. The average molecular weight is 337 g/mol. The Morgan fingerprint density at radius 2 is 1.95 bits per heavy atom. The van der Waals surface area contributed by atoms with E-state index in [1.54, 1.807) is 16.6 Å². The molecule has 0 amide bonds. The number of hydrogen-bond donors (Lipinski definition) is 0. The van der Waals surface area contributed by atoms with Gasteiger partial charge in [0, 0.05) is 50.0 Å². The third-order valence-electron chi connectivity index (χ3n) is 3.77. The average Bonchev–Trinajstić information content (AvgIpc) is 2.96. The molecule has 0 aromatic carbocycles. The van der Waals surface area contributed by atoms with Gasteiger partial charge in [-0.15, -0.1) is 11.3 Å². The van der Waals surface area contributed by atoms with Gasteiger partial charge in [0.15, 0.2) is 0 Å². The van der Waals surface area contributed by atoms with Crippen LogP contribution in [0.1, 0.15) is 10.4 Å². The SMILES string of the molecule is Cc1ccc(S(=O)(=O)N2CCN(Cc3cccnc3)CC2)s1. The molecule has 2 aromatic heterocycles. The van der Waals surface area contributed by atoms with Gasteiger partial charge < -0.3 is 0 Å². The van der Waals surface area contributed by atoms with Crippen molar-refractivity contribution in [3.63, 3.8) is 0 Å². The Balaban J connectivity index is 1.62. The molecule has 0 bridgehead atoms. The molecule has 0 atom stereocenters. The van der Waals surface area contributed by atoms with E-state index in [2.05, 4.69) is 9.88 Å². The van der Waals surface area contributed by atoms with Gasteiger partial charge in [-0.05, 0) is 30.7 Å². The zero-order valence-corrected chi connectivity index (χ0v) is 14.1. The van der Waals surface area contributed by atoms with Gasteiger partial charge in [0.1, 0.15) is 4.21 Å². The van der Waals surface area contributed by atoms with Crippen LogP contribution in [0.25, 0.3) is 0 Å². The second-order valence-electron chi connectivity index (χ2n) is 5.41. The first kappa shape index (κ1) is 15.6. The standard InChI is InChI=1S/C15H19N3O2S2/c1-13-4-5-15(21-13)22(19,20)18-9-7-17(8-10-18)12-14-3-2-6-16-11-14/h2-6,11H,7-10,12H2,1H3. The molecule has 0 N–H and O–H groups in total. The summed E-state index contributed by atoms with van der Waals surface area (Å²) >= 11 is 1.34. The topological polar surface area (TPSA) is 53.5 Å². The van der Waals surface area contributed by atoms with Crippen molar-refractivity contribution < 1.29 is 8.42 Å². The van der Waals surface area contributed by atoms with E-state index in [1.807, 2.05) is 31.3 Å². The fourth-order valence-corrected chi connectivity index (χ4v) is 5.42. The maximum absolute atomic E-state index is 12.6. The second-order valence-corrected chi connectivity index (χ2v) is 8.86. The molecule has 0 saturated carbocycles. The predicted octanol–water partition coefficient (Wildman–Crippen LogP) is 1.96. The zero-order valence-electron chi connectivity index (χ0n) is 12.5. The van der Waals surface area contributed by atoms with Crippen molar-refractivity contribution in [2.45, 2.75) is 17.7 Å². The third-order valence-corrected chi connectivity index (χ3v) is 7.14. The second kappa shape index (κ2) is 6.45. The monoisotopic (exact) mass is 337 g/mol. The molecule has 1 fully saturated rings. The smallest absolute Gasteiger partial charge is 0.252 e. The molecule has 2 aromatic rings. The first-order valence-corrected chi connectivity index (χ1v) is 9.49. The largest absolute Gasteiger partial charge is 0.296 e. The summed E-state index contributed by atoms with van der Waals surface area (Å²) in [6.07, 6.45) is 3.62. The van der Waals surface area contributed by atoms with E-state index >= 15 is 0 Å². The van der Waals surface area contributed by atoms with Gasteiger partial charge in [0.2, 0.25) is 0 Å². The van der Waals surface area contributed by atoms with Crippen LogP contribution in [0.4, 0.5) is 0 Å². The van der Waals surface area contributed by atoms with E-state index in [-0.39, 0.29) is 0 Å². The molecule has 1 aliphatic heterocycles. The lowest BCUT2D eigenvalue weighted by molar-refractivity contribution is 0.181. The number of aryl methyl sites for hydroxylation is 1. The Labute approximate surface area is 135 Å². The minimum Gasteiger partial charge on any atom is -0.296 e. The van der Waals surface area contributed by atoms with Gasteiger partial charge in [-0.1, -0.05) is 6.07 Å². The molecule has 0 spiro atoms. The minimum absolute atomic E-state index is 0.450. The first-order chi connectivity index (χ1) is 10.6. The highest BCUT2D eigenvalue weighted by molar-refractivity contribution is 7.91. The summed E-state index contributed by atoms with van der Waals surface area (Å²) in [5, 5.41) is 0. The van der Waals surface area contributed by atoms with Crippen molar-refractivity contribution in [2.24, 2.45) is 0 Å². The number of hydrogen-bond acceptors (Lipinski definition) is 5. The molecule has 3 rings (SSSR count). The number of sulfonamides is 1. The normalized spacial score (nSPS) is 17.7. The quantitative estimate of drug-likeness (QED) is 0.856. The molecule has 3 heterocycles. The Bertz CT molecular complexity index is 720. The Morgan fingerprint density at radius 3 is 2.55 bits per heavy atom. The summed E-state index contributed by atoms with van der Waals surface area (Å²) in [6, 6.07) is 7.53. The zero-order chi connectivity index (χ0) is 15.6. The van der Waals surface area contributed by atoms with Gasteiger partial charge in [-0.2, -0.15) is 4.31 Å². The van der Waals surface area contributed by atoms with Gasteiger partial charge >= 0.3 is 0 Å². The van der Waals surface area contributed by atoms with Crippen molar-refractivity contribution in [1.82, 2.24) is 14.2 Å². The Kier molecular flexibility index (Phi) is 4.58. The molecule has 5 nitrogen and oxygen atoms in total. The maximum Gasteiger partial charge on any atom is 0.252 e. The number of thiophene rings is 1. The highest BCUT2D eigenvalue weighted by Crippen LogP contribution is 2.25. The third kappa shape index (κ3) is 3.38. The summed E-state index contributed by atoms with van der Waals surface area (Å²) in [5.74, 6) is 0. The van der Waals surface area contributed by atoms with Gasteiger partial charge in [0.05, 0.1) is 0 Å². The van der Waals surface area contributed by atoms with Crippen LogP contribution in [-0.2, 0) is 16.6 Å². The van der Waals surface area contributed by atoms with Gasteiger partial charge in [0.25, 0.3) is 10.0 Å². The summed E-state index contributed by atoms with van der Waals surface area (Å²) in [6.45, 7) is 5.32. The molecule has 1 saturated heterocycles. The van der Waals surface area contributed by atoms with Crippen molar-refractivity contribution in [3.05, 3.63) is 47.1 Å². The fraction of sp³-hybridized carbons (Fsp3) is 0.400. The number of nitrogens with zero attached hydrogens (tertiary/aromatic N) is 3. The van der Waals surface area contributed by atoms with Crippen molar-refractivity contribution >= 4 is 21.4 Å². The van der Waals surface area contributed by atoms with Crippen molar-refractivity contribution in [2.75, 3.05) is 26.2 Å². The lowest BCUT2D eigenvalue weighted by Crippen LogP contribution is -2.48. The van der Waals surface area contributed by atoms with Crippen LogP contribution in [0, 0.1) is 6.92 Å². The summed E-state index contributed by atoms with van der Waals surface area (Å²) in [4.78, 5) is 7.40. The number of piperazine rings is 1. The molecule has 7 heteroatoms. The molecule has 0 aliphatic carbocycles. The highest BCUT2D eigenvalue weighted by atomic mass is 32.2. The molecular formula is C15H19N3O2S2. The maximum atomic E-state index is 12.6. The van der Waals surface area contributed by atoms with Gasteiger partial charge in [-0.3, -0.25) is 9.88 Å². The Hall–Kier alpha value is -1.28. The molecule has 1 aliphatic rings. The van der Waals surface area contributed by atoms with Crippen LogP contribution in [0.15, 0.2) is 40.9 Å². The van der Waals surface area contributed by atoms with Crippen LogP contribution >= 0.6 is 11.3 Å². The number of rotatable bonds is 4. The lowest BCUT2D eigenvalue weighted by Gasteiger charge is -2.33. The van der Waals surface area contributed by atoms with E-state index in [0.717, 1.165) is 30.1 Å². The first-order valence-electron chi connectivity index (χ1n) is 7.23. The van der Waals surface area contributed by atoms with Crippen LogP contribution in [-0.4, -0.2) is 48.8 Å². The summed E-state index contributed by atoms with van der Waals surface area (Å²) < 4.78 is 27.2. The van der Waals surface area contributed by atoms with E-state index < -0.39 is 10.0 Å². The molecule has 118 valence electrons. The molecule has 0 unspecified atom stereocenters. The number of aromatic nitrogens is 1. The van der Waals surface area contributed by atoms with E-state index in [1.165, 1.54) is 11.3 Å². The van der Waals surface area contributed by atoms with E-state index in [9.17, 15) is 8.42 Å². The van der Waals surface area contributed by atoms with E-state index in [0.29, 0.717) is 17.3 Å². The van der Waals surface area contributed by atoms with Crippen molar-refractivity contribution in [1.29, 1.82) is 0 Å². The van der Waals surface area contributed by atoms with Crippen LogP contribution in [0.3, 0.4) is 0 Å². The minimum atomic E-state index is -3.32. The fourth-order valence-electron chi connectivity index (χ4n) is 2.56. The predicted molar refractivity (Wildman–Crippen MR) is 87.3 cm³/mol.